The molecule has 0 bridgehead atoms. The molecule has 3 aromatic rings. The maximum atomic E-state index is 4.64. The number of nitrogens with zero attached hydrogens (tertiary/aromatic N) is 5. The Morgan fingerprint density at radius 1 is 0.920 bits per heavy atom. The lowest BCUT2D eigenvalue weighted by atomic mass is 10.2. The molecule has 2 aromatic heterocycles. The van der Waals surface area contributed by atoms with E-state index in [2.05, 4.69) is 56.3 Å². The molecule has 0 N–H and O–H groups in total. The Bertz CT molecular complexity index is 805. The number of aromatic nitrogens is 3. The third-order valence-electron chi connectivity index (χ3n) is 4.62. The Morgan fingerprint density at radius 3 is 2.40 bits per heavy atom. The van der Waals surface area contributed by atoms with Gasteiger partial charge in [-0.2, -0.15) is 9.78 Å². The molecule has 1 aromatic carbocycles. The number of pyridine rings is 1. The van der Waals surface area contributed by atoms with Crippen LogP contribution in [0.2, 0.25) is 0 Å². The predicted molar refractivity (Wildman–Crippen MR) is 100 cm³/mol. The van der Waals surface area contributed by atoms with Crippen LogP contribution in [0, 0.1) is 6.92 Å². The van der Waals surface area contributed by atoms with Crippen LogP contribution < -0.4 is 4.90 Å². The lowest BCUT2D eigenvalue weighted by molar-refractivity contribution is 0.249. The second-order valence-electron chi connectivity index (χ2n) is 6.49. The zero-order valence-electron chi connectivity index (χ0n) is 14.5. The predicted octanol–water partition coefficient (Wildman–Crippen LogP) is 2.90. The number of anilines is 1. The van der Waals surface area contributed by atoms with Gasteiger partial charge in [0.05, 0.1) is 5.69 Å². The number of aryl methyl sites for hydroxylation is 1. The van der Waals surface area contributed by atoms with Gasteiger partial charge in [0.2, 0.25) is 0 Å². The summed E-state index contributed by atoms with van der Waals surface area (Å²) in [5.74, 6) is 2.01. The standard InChI is InChI=1S/C20H23N5/c1-17-15-20(25(22-17)19-9-5-6-10-21-19)24-13-11-23(12-14-24)16-18-7-3-2-4-8-18/h2-10,15H,11-14,16H2,1H3. The molecule has 0 radical (unpaired) electrons. The zero-order chi connectivity index (χ0) is 17.1. The fourth-order valence-electron chi connectivity index (χ4n) is 3.34. The molecule has 0 atom stereocenters. The molecule has 5 heteroatoms. The van der Waals surface area contributed by atoms with E-state index in [0.29, 0.717) is 0 Å². The molecule has 25 heavy (non-hydrogen) atoms. The van der Waals surface area contributed by atoms with Crippen molar-refractivity contribution in [3.05, 3.63) is 72.1 Å². The number of rotatable bonds is 4. The van der Waals surface area contributed by atoms with E-state index < -0.39 is 0 Å². The van der Waals surface area contributed by atoms with Crippen molar-refractivity contribution in [3.63, 3.8) is 0 Å². The van der Waals surface area contributed by atoms with Crippen LogP contribution in [0.25, 0.3) is 5.82 Å². The van der Waals surface area contributed by atoms with Crippen LogP contribution in [0.5, 0.6) is 0 Å². The topological polar surface area (TPSA) is 37.2 Å². The first-order chi connectivity index (χ1) is 12.3. The summed E-state index contributed by atoms with van der Waals surface area (Å²) in [6.07, 6.45) is 1.81. The molecule has 0 amide bonds. The lowest BCUT2D eigenvalue weighted by Crippen LogP contribution is -2.46. The molecule has 1 saturated heterocycles. The van der Waals surface area contributed by atoms with Gasteiger partial charge in [-0.25, -0.2) is 4.98 Å². The Balaban J connectivity index is 1.46. The van der Waals surface area contributed by atoms with Gasteiger partial charge in [-0.1, -0.05) is 36.4 Å². The first-order valence-electron chi connectivity index (χ1n) is 8.79. The van der Waals surface area contributed by atoms with Crippen molar-refractivity contribution in [2.45, 2.75) is 13.5 Å². The molecule has 0 aliphatic carbocycles. The van der Waals surface area contributed by atoms with Crippen LogP contribution in [0.4, 0.5) is 5.82 Å². The maximum absolute atomic E-state index is 4.64. The summed E-state index contributed by atoms with van der Waals surface area (Å²) < 4.78 is 1.96. The average molecular weight is 333 g/mol. The molecule has 0 spiro atoms. The van der Waals surface area contributed by atoms with Gasteiger partial charge in [-0.05, 0) is 24.6 Å². The van der Waals surface area contributed by atoms with Crippen LogP contribution in [-0.4, -0.2) is 45.8 Å². The second-order valence-corrected chi connectivity index (χ2v) is 6.49. The van der Waals surface area contributed by atoms with Crippen LogP contribution in [0.3, 0.4) is 0 Å². The quantitative estimate of drug-likeness (QED) is 0.736. The Hall–Kier alpha value is -2.66. The van der Waals surface area contributed by atoms with Gasteiger partial charge in [0.25, 0.3) is 0 Å². The molecule has 3 heterocycles. The molecule has 5 nitrogen and oxygen atoms in total. The van der Waals surface area contributed by atoms with E-state index in [1.807, 2.05) is 36.0 Å². The normalized spacial score (nSPS) is 15.5. The number of piperazine rings is 1. The fraction of sp³-hybridized carbons (Fsp3) is 0.300. The van der Waals surface area contributed by atoms with E-state index in [4.69, 9.17) is 0 Å². The molecule has 0 saturated carbocycles. The van der Waals surface area contributed by atoms with Crippen molar-refractivity contribution >= 4 is 5.82 Å². The molecule has 1 fully saturated rings. The summed E-state index contributed by atoms with van der Waals surface area (Å²) in [6.45, 7) is 7.18. The van der Waals surface area contributed by atoms with Crippen LogP contribution in [-0.2, 0) is 6.54 Å². The summed E-state index contributed by atoms with van der Waals surface area (Å²) >= 11 is 0. The SMILES string of the molecule is Cc1cc(N2CCN(Cc3ccccc3)CC2)n(-c2ccccn2)n1. The van der Waals surface area contributed by atoms with Crippen LogP contribution in [0.15, 0.2) is 60.8 Å². The third-order valence-corrected chi connectivity index (χ3v) is 4.62. The summed E-state index contributed by atoms with van der Waals surface area (Å²) in [7, 11) is 0. The lowest BCUT2D eigenvalue weighted by Gasteiger charge is -2.35. The van der Waals surface area contributed by atoms with Gasteiger partial charge < -0.3 is 4.90 Å². The zero-order valence-corrected chi connectivity index (χ0v) is 14.5. The van der Waals surface area contributed by atoms with Crippen molar-refractivity contribution in [3.8, 4) is 5.82 Å². The van der Waals surface area contributed by atoms with Gasteiger partial charge in [0.15, 0.2) is 5.82 Å². The minimum atomic E-state index is 0.873. The first kappa shape index (κ1) is 15.8. The highest BCUT2D eigenvalue weighted by molar-refractivity contribution is 5.46. The Kier molecular flexibility index (Phi) is 4.48. The van der Waals surface area contributed by atoms with Crippen molar-refractivity contribution in [1.82, 2.24) is 19.7 Å². The van der Waals surface area contributed by atoms with Crippen molar-refractivity contribution in [2.75, 3.05) is 31.1 Å². The van der Waals surface area contributed by atoms with E-state index in [-0.39, 0.29) is 0 Å². The highest BCUT2D eigenvalue weighted by Crippen LogP contribution is 2.22. The second kappa shape index (κ2) is 7.07. The molecule has 4 rings (SSSR count). The molecule has 128 valence electrons. The summed E-state index contributed by atoms with van der Waals surface area (Å²) in [6, 6.07) is 18.8. The highest BCUT2D eigenvalue weighted by atomic mass is 15.4. The third kappa shape index (κ3) is 3.56. The Labute approximate surface area is 148 Å². The largest absolute Gasteiger partial charge is 0.354 e. The maximum Gasteiger partial charge on any atom is 0.155 e. The van der Waals surface area contributed by atoms with Gasteiger partial charge in [-0.3, -0.25) is 4.90 Å². The summed E-state index contributed by atoms with van der Waals surface area (Å²) in [4.78, 5) is 9.38. The van der Waals surface area contributed by atoms with E-state index in [0.717, 1.165) is 50.1 Å². The Morgan fingerprint density at radius 2 is 1.68 bits per heavy atom. The minimum absolute atomic E-state index is 0.873. The van der Waals surface area contributed by atoms with Crippen LogP contribution in [0.1, 0.15) is 11.3 Å². The summed E-state index contributed by atoms with van der Waals surface area (Å²) in [5.41, 5.74) is 2.40. The average Bonchev–Trinajstić information content (AvgIpc) is 3.06. The first-order valence-corrected chi connectivity index (χ1v) is 8.79. The molecule has 1 aliphatic rings. The molecular weight excluding hydrogens is 310 g/mol. The molecule has 0 unspecified atom stereocenters. The summed E-state index contributed by atoms with van der Waals surface area (Å²) in [5, 5.41) is 4.64. The number of hydrogen-bond donors (Lipinski definition) is 0. The van der Waals surface area contributed by atoms with E-state index in [1.165, 1.54) is 5.56 Å². The van der Waals surface area contributed by atoms with Crippen molar-refractivity contribution in [2.24, 2.45) is 0 Å². The molecular formula is C20H23N5. The van der Waals surface area contributed by atoms with Crippen molar-refractivity contribution in [1.29, 1.82) is 0 Å². The van der Waals surface area contributed by atoms with Gasteiger partial charge in [-0.15, -0.1) is 0 Å². The van der Waals surface area contributed by atoms with Crippen molar-refractivity contribution < 1.29 is 0 Å². The van der Waals surface area contributed by atoms with E-state index in [1.54, 1.807) is 0 Å². The highest BCUT2D eigenvalue weighted by Gasteiger charge is 2.21. The van der Waals surface area contributed by atoms with E-state index in [9.17, 15) is 0 Å². The van der Waals surface area contributed by atoms with Crippen LogP contribution >= 0.6 is 0 Å². The van der Waals surface area contributed by atoms with Gasteiger partial charge in [0.1, 0.15) is 5.82 Å². The number of benzene rings is 1. The fourth-order valence-corrected chi connectivity index (χ4v) is 3.34. The smallest absolute Gasteiger partial charge is 0.155 e. The minimum Gasteiger partial charge on any atom is -0.354 e. The van der Waals surface area contributed by atoms with Gasteiger partial charge in [0, 0.05) is 45.0 Å². The van der Waals surface area contributed by atoms with E-state index >= 15 is 0 Å². The molecule has 1 aliphatic heterocycles. The number of hydrogen-bond acceptors (Lipinski definition) is 4. The monoisotopic (exact) mass is 333 g/mol. The van der Waals surface area contributed by atoms with Gasteiger partial charge >= 0.3 is 0 Å².